The van der Waals surface area contributed by atoms with E-state index in [9.17, 15) is 0 Å². The van der Waals surface area contributed by atoms with Crippen molar-refractivity contribution in [2.45, 2.75) is 63.4 Å². The second-order valence-corrected chi connectivity index (χ2v) is 6.22. The molecule has 0 spiro atoms. The van der Waals surface area contributed by atoms with Crippen molar-refractivity contribution in [3.63, 3.8) is 0 Å². The molecule has 0 unspecified atom stereocenters. The van der Waals surface area contributed by atoms with Crippen LogP contribution in [0.1, 0.15) is 58.3 Å². The van der Waals surface area contributed by atoms with Gasteiger partial charge in [-0.1, -0.05) is 63.6 Å². The van der Waals surface area contributed by atoms with E-state index in [4.69, 9.17) is 23.2 Å². The lowest BCUT2D eigenvalue weighted by molar-refractivity contribution is 0.586. The molecule has 1 aromatic rings. The van der Waals surface area contributed by atoms with Gasteiger partial charge in [0, 0.05) is 5.75 Å². The van der Waals surface area contributed by atoms with Crippen LogP contribution in [0.25, 0.3) is 0 Å². The number of nitrogens with zero attached hydrogens (tertiary/aromatic N) is 3. The van der Waals surface area contributed by atoms with Gasteiger partial charge in [0.1, 0.15) is 0 Å². The highest BCUT2D eigenvalue weighted by Crippen LogP contribution is 2.19. The summed E-state index contributed by atoms with van der Waals surface area (Å²) >= 11 is 13.0. The first-order chi connectivity index (χ1) is 9.22. The summed E-state index contributed by atoms with van der Waals surface area (Å²) in [5, 5.41) is 0.949. The zero-order valence-corrected chi connectivity index (χ0v) is 13.7. The Kier molecular flexibility index (Phi) is 9.57. The Balaban J connectivity index is 2.01. The highest BCUT2D eigenvalue weighted by Gasteiger charge is 2.03. The molecule has 0 N–H and O–H groups in total. The molecule has 0 saturated heterocycles. The molecule has 1 heterocycles. The van der Waals surface area contributed by atoms with Crippen molar-refractivity contribution in [3.8, 4) is 0 Å². The Morgan fingerprint density at radius 1 is 0.789 bits per heavy atom. The maximum Gasteiger partial charge on any atom is 0.227 e. The van der Waals surface area contributed by atoms with E-state index in [0.717, 1.165) is 5.75 Å². The molecule has 3 nitrogen and oxygen atoms in total. The van der Waals surface area contributed by atoms with Gasteiger partial charge in [-0.3, -0.25) is 0 Å². The minimum atomic E-state index is 0.165. The highest BCUT2D eigenvalue weighted by atomic mass is 35.5. The third kappa shape index (κ3) is 8.66. The lowest BCUT2D eigenvalue weighted by Gasteiger charge is -2.02. The van der Waals surface area contributed by atoms with Gasteiger partial charge in [0.25, 0.3) is 0 Å². The summed E-state index contributed by atoms with van der Waals surface area (Å²) in [4.78, 5) is 11.8. The average Bonchev–Trinajstić information content (AvgIpc) is 2.36. The van der Waals surface area contributed by atoms with Gasteiger partial charge in [-0.2, -0.15) is 15.0 Å². The highest BCUT2D eigenvalue weighted by molar-refractivity contribution is 7.99. The molecule has 0 fully saturated rings. The molecule has 0 bridgehead atoms. The lowest BCUT2D eigenvalue weighted by Crippen LogP contribution is -1.93. The van der Waals surface area contributed by atoms with Crippen molar-refractivity contribution in [2.75, 3.05) is 5.75 Å². The molecule has 0 radical (unpaired) electrons. The fourth-order valence-corrected chi connectivity index (χ4v) is 3.07. The second kappa shape index (κ2) is 10.7. The number of thioether (sulfide) groups is 1. The quantitative estimate of drug-likeness (QED) is 0.426. The fourth-order valence-electron chi connectivity index (χ4n) is 1.77. The van der Waals surface area contributed by atoms with Crippen LogP contribution >= 0.6 is 35.0 Å². The summed E-state index contributed by atoms with van der Waals surface area (Å²) in [5.74, 6) is 1.01. The molecule has 0 amide bonds. The second-order valence-electron chi connectivity index (χ2n) is 4.48. The van der Waals surface area contributed by atoms with E-state index in [1.54, 1.807) is 11.8 Å². The summed E-state index contributed by atoms with van der Waals surface area (Å²) in [6.07, 6.45) is 10.6. The van der Waals surface area contributed by atoms with Crippen molar-refractivity contribution in [2.24, 2.45) is 0 Å². The monoisotopic (exact) mass is 321 g/mol. The molecule has 0 aliphatic rings. The van der Waals surface area contributed by atoms with Gasteiger partial charge in [-0.15, -0.1) is 0 Å². The van der Waals surface area contributed by atoms with E-state index >= 15 is 0 Å². The van der Waals surface area contributed by atoms with E-state index in [2.05, 4.69) is 21.9 Å². The number of halogens is 2. The lowest BCUT2D eigenvalue weighted by atomic mass is 10.1. The van der Waals surface area contributed by atoms with Crippen LogP contribution in [-0.4, -0.2) is 20.7 Å². The van der Waals surface area contributed by atoms with Crippen molar-refractivity contribution in [1.29, 1.82) is 0 Å². The number of hydrogen-bond donors (Lipinski definition) is 0. The van der Waals surface area contributed by atoms with E-state index in [1.807, 2.05) is 0 Å². The topological polar surface area (TPSA) is 38.7 Å². The molecule has 6 heteroatoms. The molecular weight excluding hydrogens is 301 g/mol. The largest absolute Gasteiger partial charge is 0.227 e. The maximum absolute atomic E-state index is 5.71. The molecule has 19 heavy (non-hydrogen) atoms. The molecule has 0 aliphatic heterocycles. The van der Waals surface area contributed by atoms with Crippen LogP contribution in [0.15, 0.2) is 5.16 Å². The third-order valence-electron chi connectivity index (χ3n) is 2.79. The van der Waals surface area contributed by atoms with Crippen molar-refractivity contribution < 1.29 is 0 Å². The van der Waals surface area contributed by atoms with E-state index < -0.39 is 0 Å². The van der Waals surface area contributed by atoms with Crippen LogP contribution in [0.3, 0.4) is 0 Å². The molecule has 0 aliphatic carbocycles. The summed E-state index contributed by atoms with van der Waals surface area (Å²) in [6.45, 7) is 2.25. The Morgan fingerprint density at radius 3 is 1.89 bits per heavy atom. The van der Waals surface area contributed by atoms with E-state index in [-0.39, 0.29) is 10.6 Å². The minimum absolute atomic E-state index is 0.165. The summed E-state index contributed by atoms with van der Waals surface area (Å²) in [6, 6.07) is 0. The van der Waals surface area contributed by atoms with Gasteiger partial charge < -0.3 is 0 Å². The van der Waals surface area contributed by atoms with Gasteiger partial charge >= 0.3 is 0 Å². The maximum atomic E-state index is 5.71. The molecule has 0 atom stereocenters. The fraction of sp³-hybridized carbons (Fsp3) is 0.769. The van der Waals surface area contributed by atoms with E-state index in [0.29, 0.717) is 5.16 Å². The summed E-state index contributed by atoms with van der Waals surface area (Å²) < 4.78 is 0. The normalized spacial score (nSPS) is 10.9. The minimum Gasteiger partial charge on any atom is -0.192 e. The van der Waals surface area contributed by atoms with Crippen LogP contribution in [-0.2, 0) is 0 Å². The average molecular weight is 322 g/mol. The first-order valence-corrected chi connectivity index (χ1v) is 8.66. The van der Waals surface area contributed by atoms with Crippen LogP contribution in [0.5, 0.6) is 0 Å². The predicted molar refractivity (Wildman–Crippen MR) is 83.2 cm³/mol. The SMILES string of the molecule is CCCCCCCCCCSc1nc(Cl)nc(Cl)n1. The number of hydrogen-bond acceptors (Lipinski definition) is 4. The molecule has 108 valence electrons. The first-order valence-electron chi connectivity index (χ1n) is 6.92. The van der Waals surface area contributed by atoms with Crippen molar-refractivity contribution in [1.82, 2.24) is 15.0 Å². The molecule has 1 rings (SSSR count). The first kappa shape index (κ1) is 17.0. The third-order valence-corrected chi connectivity index (χ3v) is 4.06. The van der Waals surface area contributed by atoms with Gasteiger partial charge in [0.2, 0.25) is 10.6 Å². The van der Waals surface area contributed by atoms with Crippen molar-refractivity contribution >= 4 is 35.0 Å². The zero-order valence-electron chi connectivity index (χ0n) is 11.4. The number of rotatable bonds is 10. The van der Waals surface area contributed by atoms with Crippen LogP contribution < -0.4 is 0 Å². The summed E-state index contributed by atoms with van der Waals surface area (Å²) in [5.41, 5.74) is 0. The van der Waals surface area contributed by atoms with Crippen LogP contribution in [0, 0.1) is 0 Å². The Bertz CT molecular complexity index is 343. The van der Waals surface area contributed by atoms with Gasteiger partial charge in [-0.25, -0.2) is 0 Å². The van der Waals surface area contributed by atoms with Crippen LogP contribution in [0.2, 0.25) is 10.6 Å². The standard InChI is InChI=1S/C13H21Cl2N3S/c1-2-3-4-5-6-7-8-9-10-19-13-17-11(14)16-12(15)18-13/h2-10H2,1H3. The Labute approximate surface area is 129 Å². The number of unbranched alkanes of at least 4 members (excludes halogenated alkanes) is 7. The molecule has 1 aromatic heterocycles. The van der Waals surface area contributed by atoms with Gasteiger partial charge in [0.05, 0.1) is 0 Å². The number of aromatic nitrogens is 3. The Morgan fingerprint density at radius 2 is 1.32 bits per heavy atom. The van der Waals surface area contributed by atoms with E-state index in [1.165, 1.54) is 51.4 Å². The smallest absolute Gasteiger partial charge is 0.192 e. The van der Waals surface area contributed by atoms with Crippen molar-refractivity contribution in [3.05, 3.63) is 10.6 Å². The van der Waals surface area contributed by atoms with Crippen LogP contribution in [0.4, 0.5) is 0 Å². The Hall–Kier alpha value is -0.0600. The zero-order chi connectivity index (χ0) is 13.9. The van der Waals surface area contributed by atoms with Gasteiger partial charge in [0.15, 0.2) is 5.16 Å². The molecule has 0 saturated carbocycles. The summed E-state index contributed by atoms with van der Waals surface area (Å²) in [7, 11) is 0. The molecular formula is C13H21Cl2N3S. The molecule has 0 aromatic carbocycles. The van der Waals surface area contributed by atoms with Gasteiger partial charge in [-0.05, 0) is 29.6 Å². The predicted octanol–water partition coefficient (Wildman–Crippen LogP) is 5.41.